The quantitative estimate of drug-likeness (QED) is 0.878. The summed E-state index contributed by atoms with van der Waals surface area (Å²) in [6.45, 7) is 7.38. The van der Waals surface area contributed by atoms with Crippen LogP contribution in [0.5, 0.6) is 0 Å². The van der Waals surface area contributed by atoms with Gasteiger partial charge in [0, 0.05) is 11.4 Å². The Morgan fingerprint density at radius 3 is 2.94 bits per heavy atom. The molecule has 0 bridgehead atoms. The second-order valence-electron chi connectivity index (χ2n) is 4.18. The van der Waals surface area contributed by atoms with Gasteiger partial charge in [-0.3, -0.25) is 0 Å². The van der Waals surface area contributed by atoms with Crippen LogP contribution in [0.25, 0.3) is 11.5 Å². The Hall–Kier alpha value is -1.29. The summed E-state index contributed by atoms with van der Waals surface area (Å²) in [5.74, 6) is 1.46. The summed E-state index contributed by atoms with van der Waals surface area (Å²) in [5, 5.41) is 4.30. The molecule has 3 nitrogen and oxygen atoms in total. The fraction of sp³-hybridized carbons (Fsp3) is 0.417. The molecule has 0 aliphatic heterocycles. The van der Waals surface area contributed by atoms with E-state index in [1.165, 1.54) is 4.88 Å². The first-order valence-corrected chi connectivity index (χ1v) is 6.23. The van der Waals surface area contributed by atoms with Gasteiger partial charge in [-0.05, 0) is 25.0 Å². The average Bonchev–Trinajstić information content (AvgIpc) is 2.83. The molecule has 0 radical (unpaired) electrons. The van der Waals surface area contributed by atoms with Crippen LogP contribution in [0.3, 0.4) is 0 Å². The van der Waals surface area contributed by atoms with E-state index in [1.54, 1.807) is 17.6 Å². The van der Waals surface area contributed by atoms with Gasteiger partial charge in [0.1, 0.15) is 5.69 Å². The van der Waals surface area contributed by atoms with Gasteiger partial charge in [-0.1, -0.05) is 13.8 Å². The van der Waals surface area contributed by atoms with E-state index in [0.717, 1.165) is 23.1 Å². The summed E-state index contributed by atoms with van der Waals surface area (Å²) in [4.78, 5) is 5.72. The molecule has 0 saturated carbocycles. The summed E-state index contributed by atoms with van der Waals surface area (Å²) < 4.78 is 5.36. The largest absolute Gasteiger partial charge is 0.463 e. The molecule has 1 N–H and O–H groups in total. The lowest BCUT2D eigenvalue weighted by molar-refractivity contribution is 0.580. The van der Waals surface area contributed by atoms with E-state index in [2.05, 4.69) is 31.1 Å². The second-order valence-corrected chi connectivity index (χ2v) is 5.38. The van der Waals surface area contributed by atoms with E-state index in [0.29, 0.717) is 5.92 Å². The smallest absolute Gasteiger partial charge is 0.183 e. The standard InChI is InChI=1S/C12H16N2OS/c1-8(2)7-13-12-14-11(9(3)16-12)10-5-4-6-15-10/h4-6,8H,7H2,1-3H3,(H,13,14). The van der Waals surface area contributed by atoms with Gasteiger partial charge < -0.3 is 9.73 Å². The molecule has 2 aromatic heterocycles. The molecule has 0 unspecified atom stereocenters. The third-order valence-corrected chi connectivity index (χ3v) is 3.14. The molecule has 2 heterocycles. The number of anilines is 1. The number of nitrogens with zero attached hydrogens (tertiary/aromatic N) is 1. The molecule has 2 aromatic rings. The van der Waals surface area contributed by atoms with Gasteiger partial charge in [0.05, 0.1) is 6.26 Å². The van der Waals surface area contributed by atoms with E-state index in [-0.39, 0.29) is 0 Å². The fourth-order valence-electron chi connectivity index (χ4n) is 1.41. The van der Waals surface area contributed by atoms with Crippen molar-refractivity contribution in [1.29, 1.82) is 0 Å². The summed E-state index contributed by atoms with van der Waals surface area (Å²) in [6.07, 6.45) is 1.68. The number of nitrogens with one attached hydrogen (secondary N) is 1. The van der Waals surface area contributed by atoms with Crippen molar-refractivity contribution in [3.8, 4) is 11.5 Å². The van der Waals surface area contributed by atoms with E-state index in [9.17, 15) is 0 Å². The Bertz CT molecular complexity index is 446. The molecule has 0 amide bonds. The number of thiazole rings is 1. The first-order chi connectivity index (χ1) is 7.66. The minimum atomic E-state index is 0.622. The molecule has 0 fully saturated rings. The maximum Gasteiger partial charge on any atom is 0.183 e. The van der Waals surface area contributed by atoms with E-state index >= 15 is 0 Å². The number of aromatic nitrogens is 1. The Balaban J connectivity index is 2.16. The lowest BCUT2D eigenvalue weighted by Gasteiger charge is -2.04. The van der Waals surface area contributed by atoms with Gasteiger partial charge in [-0.2, -0.15) is 0 Å². The number of rotatable bonds is 4. The van der Waals surface area contributed by atoms with Gasteiger partial charge in [0.2, 0.25) is 0 Å². The van der Waals surface area contributed by atoms with Gasteiger partial charge in [0.15, 0.2) is 10.9 Å². The molecule has 0 spiro atoms. The summed E-state index contributed by atoms with van der Waals surface area (Å²) in [6, 6.07) is 3.82. The molecule has 0 atom stereocenters. The van der Waals surface area contributed by atoms with Crippen molar-refractivity contribution in [3.05, 3.63) is 23.3 Å². The van der Waals surface area contributed by atoms with Crippen LogP contribution < -0.4 is 5.32 Å². The van der Waals surface area contributed by atoms with E-state index in [1.807, 2.05) is 12.1 Å². The third kappa shape index (κ3) is 2.44. The zero-order valence-corrected chi connectivity index (χ0v) is 10.6. The van der Waals surface area contributed by atoms with Crippen molar-refractivity contribution < 1.29 is 4.42 Å². The highest BCUT2D eigenvalue weighted by Gasteiger charge is 2.11. The van der Waals surface area contributed by atoms with Crippen LogP contribution >= 0.6 is 11.3 Å². The lowest BCUT2D eigenvalue weighted by Crippen LogP contribution is -2.07. The Kier molecular flexibility index (Phi) is 3.29. The van der Waals surface area contributed by atoms with Crippen molar-refractivity contribution in [1.82, 2.24) is 4.98 Å². The Labute approximate surface area is 99.5 Å². The summed E-state index contributed by atoms with van der Waals surface area (Å²) in [7, 11) is 0. The molecule has 0 saturated heterocycles. The van der Waals surface area contributed by atoms with Crippen molar-refractivity contribution in [2.24, 2.45) is 5.92 Å². The predicted octanol–water partition coefficient (Wildman–Crippen LogP) is 3.78. The van der Waals surface area contributed by atoms with Gasteiger partial charge in [0.25, 0.3) is 0 Å². The second kappa shape index (κ2) is 4.70. The summed E-state index contributed by atoms with van der Waals surface area (Å²) >= 11 is 1.67. The van der Waals surface area contributed by atoms with Gasteiger partial charge in [-0.25, -0.2) is 4.98 Å². The molecule has 4 heteroatoms. The molecule has 16 heavy (non-hydrogen) atoms. The predicted molar refractivity (Wildman–Crippen MR) is 67.9 cm³/mol. The van der Waals surface area contributed by atoms with Gasteiger partial charge >= 0.3 is 0 Å². The van der Waals surface area contributed by atoms with E-state index < -0.39 is 0 Å². The number of furan rings is 1. The van der Waals surface area contributed by atoms with Crippen LogP contribution in [0.15, 0.2) is 22.8 Å². The Morgan fingerprint density at radius 1 is 1.50 bits per heavy atom. The zero-order valence-electron chi connectivity index (χ0n) is 9.78. The maximum atomic E-state index is 5.36. The highest BCUT2D eigenvalue weighted by molar-refractivity contribution is 7.15. The van der Waals surface area contributed by atoms with Crippen LogP contribution in [0.4, 0.5) is 5.13 Å². The van der Waals surface area contributed by atoms with Crippen LogP contribution in [0.1, 0.15) is 18.7 Å². The van der Waals surface area contributed by atoms with Crippen LogP contribution in [-0.2, 0) is 0 Å². The van der Waals surface area contributed by atoms with E-state index in [4.69, 9.17) is 4.42 Å². The average molecular weight is 236 g/mol. The molecule has 86 valence electrons. The Morgan fingerprint density at radius 2 is 2.31 bits per heavy atom. The topological polar surface area (TPSA) is 38.1 Å². The van der Waals surface area contributed by atoms with Crippen molar-refractivity contribution in [2.45, 2.75) is 20.8 Å². The number of hydrogen-bond donors (Lipinski definition) is 1. The molecule has 0 aliphatic carbocycles. The first-order valence-electron chi connectivity index (χ1n) is 5.42. The first kappa shape index (κ1) is 11.2. The summed E-state index contributed by atoms with van der Waals surface area (Å²) in [5.41, 5.74) is 0.946. The lowest BCUT2D eigenvalue weighted by atomic mass is 10.2. The van der Waals surface area contributed by atoms with Crippen molar-refractivity contribution >= 4 is 16.5 Å². The minimum Gasteiger partial charge on any atom is -0.463 e. The monoisotopic (exact) mass is 236 g/mol. The molecular formula is C12H16N2OS. The molecule has 0 aliphatic rings. The molecule has 0 aromatic carbocycles. The van der Waals surface area contributed by atoms with Crippen molar-refractivity contribution in [2.75, 3.05) is 11.9 Å². The third-order valence-electron chi connectivity index (χ3n) is 2.21. The molecule has 2 rings (SSSR count). The van der Waals surface area contributed by atoms with Crippen LogP contribution in [0.2, 0.25) is 0 Å². The number of hydrogen-bond acceptors (Lipinski definition) is 4. The number of aryl methyl sites for hydroxylation is 1. The van der Waals surface area contributed by atoms with Crippen molar-refractivity contribution in [3.63, 3.8) is 0 Å². The minimum absolute atomic E-state index is 0.622. The SMILES string of the molecule is Cc1sc(NCC(C)C)nc1-c1ccco1. The highest BCUT2D eigenvalue weighted by Crippen LogP contribution is 2.30. The molecular weight excluding hydrogens is 220 g/mol. The van der Waals surface area contributed by atoms with Crippen LogP contribution in [0, 0.1) is 12.8 Å². The zero-order chi connectivity index (χ0) is 11.5. The normalized spacial score (nSPS) is 11.0. The highest BCUT2D eigenvalue weighted by atomic mass is 32.1. The maximum absolute atomic E-state index is 5.36. The van der Waals surface area contributed by atoms with Gasteiger partial charge in [-0.15, -0.1) is 11.3 Å². The van der Waals surface area contributed by atoms with Crippen LogP contribution in [-0.4, -0.2) is 11.5 Å². The fourth-order valence-corrected chi connectivity index (χ4v) is 2.23.